The highest BCUT2D eigenvalue weighted by Gasteiger charge is 2.26. The fourth-order valence-electron chi connectivity index (χ4n) is 4.32. The van der Waals surface area contributed by atoms with Crippen LogP contribution in [0.3, 0.4) is 0 Å². The summed E-state index contributed by atoms with van der Waals surface area (Å²) in [6.07, 6.45) is 15.5. The van der Waals surface area contributed by atoms with E-state index in [1.54, 1.807) is 0 Å². The van der Waals surface area contributed by atoms with E-state index >= 15 is 0 Å². The Balaban J connectivity index is 1.76. The maximum atomic E-state index is 6.01. The molecular weight excluding hydrogens is 232 g/mol. The van der Waals surface area contributed by atoms with Crippen LogP contribution in [0.2, 0.25) is 0 Å². The third kappa shape index (κ3) is 4.75. The molecule has 2 nitrogen and oxygen atoms in total. The number of hydrogen-bond acceptors (Lipinski definition) is 2. The van der Waals surface area contributed by atoms with Crippen LogP contribution in [0.1, 0.15) is 70.6 Å². The molecular formula is C17H34N2. The molecule has 2 saturated carbocycles. The summed E-state index contributed by atoms with van der Waals surface area (Å²) in [5.41, 5.74) is 6.01. The monoisotopic (exact) mass is 266 g/mol. The maximum absolute atomic E-state index is 6.01. The largest absolute Gasteiger partial charge is 0.328 e. The van der Waals surface area contributed by atoms with Crippen molar-refractivity contribution in [1.29, 1.82) is 0 Å². The highest BCUT2D eigenvalue weighted by molar-refractivity contribution is 4.81. The minimum atomic E-state index is 0.499. The van der Waals surface area contributed by atoms with Gasteiger partial charge in [-0.3, -0.25) is 0 Å². The lowest BCUT2D eigenvalue weighted by atomic mass is 9.78. The number of nitrogens with two attached hydrogens (primary N) is 1. The van der Waals surface area contributed by atoms with E-state index in [9.17, 15) is 0 Å². The van der Waals surface area contributed by atoms with Crippen molar-refractivity contribution in [3.63, 3.8) is 0 Å². The highest BCUT2D eigenvalue weighted by Crippen LogP contribution is 2.33. The molecule has 0 amide bonds. The molecule has 1 unspecified atom stereocenters. The fourth-order valence-corrected chi connectivity index (χ4v) is 4.32. The molecule has 0 saturated heterocycles. The lowest BCUT2D eigenvalue weighted by Gasteiger charge is -2.36. The van der Waals surface area contributed by atoms with Crippen LogP contribution in [0.5, 0.6) is 0 Å². The molecule has 112 valence electrons. The lowest BCUT2D eigenvalue weighted by Crippen LogP contribution is -2.37. The topological polar surface area (TPSA) is 29.3 Å². The van der Waals surface area contributed by atoms with Crippen LogP contribution in [-0.2, 0) is 0 Å². The van der Waals surface area contributed by atoms with Crippen molar-refractivity contribution in [3.05, 3.63) is 0 Å². The minimum Gasteiger partial charge on any atom is -0.328 e. The third-order valence-electron chi connectivity index (χ3n) is 5.62. The summed E-state index contributed by atoms with van der Waals surface area (Å²) >= 11 is 0. The van der Waals surface area contributed by atoms with E-state index in [0.717, 1.165) is 17.9 Å². The first kappa shape index (κ1) is 15.3. The Morgan fingerprint density at radius 2 is 1.58 bits per heavy atom. The molecule has 0 radical (unpaired) electrons. The van der Waals surface area contributed by atoms with Crippen LogP contribution in [0.4, 0.5) is 0 Å². The van der Waals surface area contributed by atoms with Crippen molar-refractivity contribution >= 4 is 0 Å². The smallest absolute Gasteiger partial charge is 0.0117 e. The summed E-state index contributed by atoms with van der Waals surface area (Å²) in [5, 5.41) is 0. The van der Waals surface area contributed by atoms with Crippen molar-refractivity contribution in [3.8, 4) is 0 Å². The second kappa shape index (κ2) is 7.64. The zero-order valence-corrected chi connectivity index (χ0v) is 13.1. The molecule has 2 aliphatic carbocycles. The zero-order chi connectivity index (χ0) is 13.7. The molecule has 1 atom stereocenters. The van der Waals surface area contributed by atoms with Crippen molar-refractivity contribution in [2.75, 3.05) is 14.1 Å². The van der Waals surface area contributed by atoms with Gasteiger partial charge in [0, 0.05) is 12.1 Å². The van der Waals surface area contributed by atoms with E-state index in [0.29, 0.717) is 6.04 Å². The van der Waals surface area contributed by atoms with E-state index in [-0.39, 0.29) is 0 Å². The van der Waals surface area contributed by atoms with Gasteiger partial charge in [0.2, 0.25) is 0 Å². The van der Waals surface area contributed by atoms with Crippen LogP contribution in [-0.4, -0.2) is 31.1 Å². The Morgan fingerprint density at radius 3 is 2.16 bits per heavy atom. The molecule has 2 rings (SSSR count). The van der Waals surface area contributed by atoms with Crippen molar-refractivity contribution in [1.82, 2.24) is 4.90 Å². The van der Waals surface area contributed by atoms with Gasteiger partial charge in [0.05, 0.1) is 0 Å². The number of nitrogens with zero attached hydrogens (tertiary/aromatic N) is 1. The molecule has 2 N–H and O–H groups in total. The van der Waals surface area contributed by atoms with E-state index in [2.05, 4.69) is 19.0 Å². The Labute approximate surface area is 120 Å². The molecule has 0 aromatic carbocycles. The Bertz CT molecular complexity index is 238. The normalized spacial score (nSPS) is 31.6. The standard InChI is InChI=1S/C17H34N2/c1-19(2)17(15-6-4-3-5-7-15)13-10-14-8-11-16(18)12-9-14/h14-17H,3-13,18H2,1-2H3. The predicted molar refractivity (Wildman–Crippen MR) is 83.2 cm³/mol. The second-order valence-electron chi connectivity index (χ2n) is 7.29. The molecule has 0 heterocycles. The molecule has 0 aliphatic heterocycles. The quantitative estimate of drug-likeness (QED) is 0.820. The first-order valence-electron chi connectivity index (χ1n) is 8.59. The Kier molecular flexibility index (Phi) is 6.15. The molecule has 0 bridgehead atoms. The van der Waals surface area contributed by atoms with Crippen LogP contribution in [0.15, 0.2) is 0 Å². The summed E-state index contributed by atoms with van der Waals surface area (Å²) in [5.74, 6) is 1.93. The first-order chi connectivity index (χ1) is 9.16. The van der Waals surface area contributed by atoms with E-state index in [1.165, 1.54) is 70.6 Å². The highest BCUT2D eigenvalue weighted by atomic mass is 15.1. The molecule has 0 aromatic heterocycles. The van der Waals surface area contributed by atoms with Crippen molar-refractivity contribution < 1.29 is 0 Å². The number of rotatable bonds is 5. The van der Waals surface area contributed by atoms with Crippen LogP contribution < -0.4 is 5.73 Å². The van der Waals surface area contributed by atoms with E-state index < -0.39 is 0 Å². The van der Waals surface area contributed by atoms with Gasteiger partial charge in [0.25, 0.3) is 0 Å². The molecule has 19 heavy (non-hydrogen) atoms. The van der Waals surface area contributed by atoms with Crippen molar-refractivity contribution in [2.24, 2.45) is 17.6 Å². The van der Waals surface area contributed by atoms with Gasteiger partial charge in [-0.1, -0.05) is 19.3 Å². The van der Waals surface area contributed by atoms with Gasteiger partial charge in [-0.2, -0.15) is 0 Å². The first-order valence-corrected chi connectivity index (χ1v) is 8.59. The molecule has 0 spiro atoms. The summed E-state index contributed by atoms with van der Waals surface area (Å²) in [7, 11) is 4.58. The van der Waals surface area contributed by atoms with Gasteiger partial charge in [-0.25, -0.2) is 0 Å². The SMILES string of the molecule is CN(C)C(CCC1CCC(N)CC1)C1CCCCC1. The third-order valence-corrected chi connectivity index (χ3v) is 5.62. The van der Waals surface area contributed by atoms with Gasteiger partial charge >= 0.3 is 0 Å². The molecule has 2 aliphatic rings. The van der Waals surface area contributed by atoms with E-state index in [1.807, 2.05) is 0 Å². The second-order valence-corrected chi connectivity index (χ2v) is 7.29. The summed E-state index contributed by atoms with van der Waals surface area (Å²) in [6.45, 7) is 0. The van der Waals surface area contributed by atoms with Crippen LogP contribution >= 0.6 is 0 Å². The minimum absolute atomic E-state index is 0.499. The lowest BCUT2D eigenvalue weighted by molar-refractivity contribution is 0.147. The van der Waals surface area contributed by atoms with Crippen LogP contribution in [0, 0.1) is 11.8 Å². The Morgan fingerprint density at radius 1 is 0.947 bits per heavy atom. The Hall–Kier alpha value is -0.0800. The number of hydrogen-bond donors (Lipinski definition) is 1. The summed E-state index contributed by atoms with van der Waals surface area (Å²) in [4.78, 5) is 2.50. The molecule has 2 fully saturated rings. The summed E-state index contributed by atoms with van der Waals surface area (Å²) < 4.78 is 0. The van der Waals surface area contributed by atoms with Gasteiger partial charge < -0.3 is 10.6 Å². The zero-order valence-electron chi connectivity index (χ0n) is 13.1. The predicted octanol–water partition coefficient (Wildman–Crippen LogP) is 3.79. The maximum Gasteiger partial charge on any atom is 0.0117 e. The fraction of sp³-hybridized carbons (Fsp3) is 1.00. The van der Waals surface area contributed by atoms with Gasteiger partial charge in [-0.15, -0.1) is 0 Å². The van der Waals surface area contributed by atoms with Crippen LogP contribution in [0.25, 0.3) is 0 Å². The average Bonchev–Trinajstić information content (AvgIpc) is 2.42. The molecule has 0 aromatic rings. The van der Waals surface area contributed by atoms with Gasteiger partial charge in [0.1, 0.15) is 0 Å². The van der Waals surface area contributed by atoms with E-state index in [4.69, 9.17) is 5.73 Å². The average molecular weight is 266 g/mol. The van der Waals surface area contributed by atoms with Gasteiger partial charge in [-0.05, 0) is 77.3 Å². The van der Waals surface area contributed by atoms with Crippen molar-refractivity contribution in [2.45, 2.75) is 82.7 Å². The summed E-state index contributed by atoms with van der Waals surface area (Å²) in [6, 6.07) is 1.33. The molecule has 2 heteroatoms. The van der Waals surface area contributed by atoms with Gasteiger partial charge in [0.15, 0.2) is 0 Å².